The Morgan fingerprint density at radius 2 is 2.00 bits per heavy atom. The topological polar surface area (TPSA) is 79.0 Å². The molecular formula is C13H21N3O4. The molecule has 0 spiro atoms. The van der Waals surface area contributed by atoms with Crippen molar-refractivity contribution in [1.29, 1.82) is 0 Å². The van der Waals surface area contributed by atoms with Gasteiger partial charge in [-0.1, -0.05) is 0 Å². The largest absolute Gasteiger partial charge is 0.442 e. The van der Waals surface area contributed by atoms with E-state index in [-0.39, 0.29) is 29.9 Å². The number of nitrogens with one attached hydrogen (secondary N) is 1. The van der Waals surface area contributed by atoms with Gasteiger partial charge in [0.05, 0.1) is 13.1 Å². The van der Waals surface area contributed by atoms with Gasteiger partial charge < -0.3 is 19.9 Å². The highest BCUT2D eigenvalue weighted by Crippen LogP contribution is 2.17. The van der Waals surface area contributed by atoms with E-state index in [2.05, 4.69) is 5.32 Å². The minimum atomic E-state index is -0.348. The highest BCUT2D eigenvalue weighted by molar-refractivity contribution is 5.79. The second kappa shape index (κ2) is 6.11. The molecule has 7 heteroatoms. The summed E-state index contributed by atoms with van der Waals surface area (Å²) in [5, 5.41) is 2.83. The summed E-state index contributed by atoms with van der Waals surface area (Å²) in [6.07, 6.45) is 0.763. The molecule has 112 valence electrons. The standard InChI is InChI=1S/C13H21N3O4/c1-9(17)16-5-3-10(4-6-16)12(18)14-7-11-8-15(2)13(19)20-11/h10-11H,3-8H2,1-2H3,(H,14,18). The van der Waals surface area contributed by atoms with Crippen LogP contribution in [-0.2, 0) is 14.3 Å². The summed E-state index contributed by atoms with van der Waals surface area (Å²) >= 11 is 0. The number of hydrogen-bond acceptors (Lipinski definition) is 4. The molecule has 1 atom stereocenters. The van der Waals surface area contributed by atoms with E-state index < -0.39 is 0 Å². The number of likely N-dealkylation sites (tertiary alicyclic amines) is 1. The van der Waals surface area contributed by atoms with Gasteiger partial charge in [0.15, 0.2) is 0 Å². The summed E-state index contributed by atoms with van der Waals surface area (Å²) in [5.74, 6) is -0.0102. The van der Waals surface area contributed by atoms with E-state index in [0.29, 0.717) is 39.0 Å². The summed E-state index contributed by atoms with van der Waals surface area (Å²) in [5.41, 5.74) is 0. The van der Waals surface area contributed by atoms with E-state index >= 15 is 0 Å². The lowest BCUT2D eigenvalue weighted by Gasteiger charge is -2.30. The van der Waals surface area contributed by atoms with Gasteiger partial charge in [-0.15, -0.1) is 0 Å². The van der Waals surface area contributed by atoms with Crippen molar-refractivity contribution in [1.82, 2.24) is 15.1 Å². The van der Waals surface area contributed by atoms with Crippen molar-refractivity contribution in [2.45, 2.75) is 25.9 Å². The highest BCUT2D eigenvalue weighted by atomic mass is 16.6. The number of carbonyl (C=O) groups excluding carboxylic acids is 3. The molecule has 2 fully saturated rings. The molecule has 3 amide bonds. The first-order valence-corrected chi connectivity index (χ1v) is 6.92. The SMILES string of the molecule is CC(=O)N1CCC(C(=O)NCC2CN(C)C(=O)O2)CC1. The minimum Gasteiger partial charge on any atom is -0.442 e. The minimum absolute atomic E-state index is 0.0150. The second-order valence-electron chi connectivity index (χ2n) is 5.41. The van der Waals surface area contributed by atoms with Crippen LogP contribution in [0, 0.1) is 5.92 Å². The summed E-state index contributed by atoms with van der Waals surface area (Å²) in [6.45, 7) is 3.66. The fourth-order valence-electron chi connectivity index (χ4n) is 2.57. The van der Waals surface area contributed by atoms with Crippen LogP contribution in [0.25, 0.3) is 0 Å². The van der Waals surface area contributed by atoms with Gasteiger partial charge in [0.2, 0.25) is 11.8 Å². The fraction of sp³-hybridized carbons (Fsp3) is 0.769. The van der Waals surface area contributed by atoms with Gasteiger partial charge in [-0.25, -0.2) is 4.79 Å². The zero-order valence-electron chi connectivity index (χ0n) is 11.9. The molecule has 2 saturated heterocycles. The maximum Gasteiger partial charge on any atom is 0.410 e. The molecule has 2 aliphatic heterocycles. The predicted octanol–water partition coefficient (Wildman–Crippen LogP) is -0.188. The number of likely N-dealkylation sites (N-methyl/N-ethyl adjacent to an activating group) is 1. The van der Waals surface area contributed by atoms with Crippen LogP contribution in [-0.4, -0.2) is 67.0 Å². The van der Waals surface area contributed by atoms with Crippen LogP contribution < -0.4 is 5.32 Å². The third-order valence-electron chi connectivity index (χ3n) is 3.87. The van der Waals surface area contributed by atoms with Crippen molar-refractivity contribution >= 4 is 17.9 Å². The number of rotatable bonds is 3. The van der Waals surface area contributed by atoms with Gasteiger partial charge in [0, 0.05) is 33.0 Å². The molecule has 0 aromatic heterocycles. The van der Waals surface area contributed by atoms with Crippen LogP contribution in [0.2, 0.25) is 0 Å². The van der Waals surface area contributed by atoms with Gasteiger partial charge in [0.25, 0.3) is 0 Å². The van der Waals surface area contributed by atoms with Crippen molar-refractivity contribution in [3.8, 4) is 0 Å². The van der Waals surface area contributed by atoms with Gasteiger partial charge in [-0.05, 0) is 12.8 Å². The smallest absolute Gasteiger partial charge is 0.410 e. The molecular weight excluding hydrogens is 262 g/mol. The number of cyclic esters (lactones) is 1. The summed E-state index contributed by atoms with van der Waals surface area (Å²) < 4.78 is 5.08. The first-order valence-electron chi connectivity index (χ1n) is 6.92. The first-order chi connectivity index (χ1) is 9.47. The lowest BCUT2D eigenvalue weighted by Crippen LogP contribution is -2.44. The zero-order valence-corrected chi connectivity index (χ0v) is 11.9. The average Bonchev–Trinajstić information content (AvgIpc) is 2.75. The Morgan fingerprint density at radius 1 is 1.35 bits per heavy atom. The Bertz CT molecular complexity index is 404. The van der Waals surface area contributed by atoms with Crippen LogP contribution in [0.15, 0.2) is 0 Å². The van der Waals surface area contributed by atoms with E-state index in [0.717, 1.165) is 0 Å². The summed E-state index contributed by atoms with van der Waals surface area (Å²) in [7, 11) is 1.67. The Kier molecular flexibility index (Phi) is 4.46. The van der Waals surface area contributed by atoms with Gasteiger partial charge in [0.1, 0.15) is 6.10 Å². The normalized spacial score (nSPS) is 23.7. The Labute approximate surface area is 118 Å². The molecule has 0 aromatic rings. The van der Waals surface area contributed by atoms with Crippen LogP contribution in [0.3, 0.4) is 0 Å². The van der Waals surface area contributed by atoms with Crippen molar-refractivity contribution < 1.29 is 19.1 Å². The number of nitrogens with zero attached hydrogens (tertiary/aromatic N) is 2. The first kappa shape index (κ1) is 14.6. The van der Waals surface area contributed by atoms with E-state index in [1.54, 1.807) is 18.9 Å². The van der Waals surface area contributed by atoms with Crippen LogP contribution in [0.5, 0.6) is 0 Å². The maximum absolute atomic E-state index is 12.0. The summed E-state index contributed by atoms with van der Waals surface area (Å²) in [6, 6.07) is 0. The lowest BCUT2D eigenvalue weighted by molar-refractivity contribution is -0.134. The van der Waals surface area contributed by atoms with Crippen LogP contribution in [0.4, 0.5) is 4.79 Å². The molecule has 1 N–H and O–H groups in total. The monoisotopic (exact) mass is 283 g/mol. The third kappa shape index (κ3) is 3.40. The third-order valence-corrected chi connectivity index (χ3v) is 3.87. The highest BCUT2D eigenvalue weighted by Gasteiger charge is 2.30. The molecule has 20 heavy (non-hydrogen) atoms. The molecule has 0 aromatic carbocycles. The Balaban J connectivity index is 1.71. The van der Waals surface area contributed by atoms with Crippen molar-refractivity contribution in [2.75, 3.05) is 33.2 Å². The molecule has 2 rings (SSSR count). The van der Waals surface area contributed by atoms with Gasteiger partial charge in [-0.2, -0.15) is 0 Å². The quantitative estimate of drug-likeness (QED) is 0.779. The molecule has 7 nitrogen and oxygen atoms in total. The van der Waals surface area contributed by atoms with Crippen molar-refractivity contribution in [3.63, 3.8) is 0 Å². The molecule has 1 unspecified atom stereocenters. The number of hydrogen-bond donors (Lipinski definition) is 1. The Morgan fingerprint density at radius 3 is 2.50 bits per heavy atom. The van der Waals surface area contributed by atoms with E-state index in [1.807, 2.05) is 0 Å². The predicted molar refractivity (Wildman–Crippen MR) is 70.9 cm³/mol. The number of carbonyl (C=O) groups is 3. The molecule has 2 heterocycles. The second-order valence-corrected chi connectivity index (χ2v) is 5.41. The van der Waals surface area contributed by atoms with E-state index in [4.69, 9.17) is 4.74 Å². The van der Waals surface area contributed by atoms with Crippen LogP contribution >= 0.6 is 0 Å². The van der Waals surface area contributed by atoms with Crippen molar-refractivity contribution in [3.05, 3.63) is 0 Å². The Hall–Kier alpha value is -1.79. The lowest BCUT2D eigenvalue weighted by atomic mass is 9.96. The van der Waals surface area contributed by atoms with Gasteiger partial charge in [-0.3, -0.25) is 9.59 Å². The number of piperidine rings is 1. The summed E-state index contributed by atoms with van der Waals surface area (Å²) in [4.78, 5) is 37.7. The van der Waals surface area contributed by atoms with Crippen LogP contribution in [0.1, 0.15) is 19.8 Å². The maximum atomic E-state index is 12.0. The number of ether oxygens (including phenoxy) is 1. The molecule has 2 aliphatic rings. The zero-order chi connectivity index (χ0) is 14.7. The molecule has 0 saturated carbocycles. The van der Waals surface area contributed by atoms with E-state index in [9.17, 15) is 14.4 Å². The van der Waals surface area contributed by atoms with Gasteiger partial charge >= 0.3 is 6.09 Å². The fourth-order valence-corrected chi connectivity index (χ4v) is 2.57. The molecule has 0 aliphatic carbocycles. The number of amides is 3. The average molecular weight is 283 g/mol. The molecule has 0 radical (unpaired) electrons. The van der Waals surface area contributed by atoms with E-state index in [1.165, 1.54) is 4.90 Å². The van der Waals surface area contributed by atoms with Crippen molar-refractivity contribution in [2.24, 2.45) is 5.92 Å². The molecule has 0 bridgehead atoms.